The third kappa shape index (κ3) is 0.919. The minimum Gasteiger partial charge on any atom is -0.316 e. The molecule has 3 rings (SSSR count). The van der Waals surface area contributed by atoms with Crippen LogP contribution in [0.15, 0.2) is 0 Å². The molecule has 0 aliphatic heterocycles. The third-order valence-electron chi connectivity index (χ3n) is 3.28. The van der Waals surface area contributed by atoms with Gasteiger partial charge in [-0.3, -0.25) is 4.39 Å². The molecular weight excluding hydrogens is 141 g/mol. The molecule has 1 N–H and O–H groups in total. The van der Waals surface area contributed by atoms with E-state index in [0.29, 0.717) is 5.41 Å². The summed E-state index contributed by atoms with van der Waals surface area (Å²) in [6.07, 6.45) is 3.43. The Kier molecular flexibility index (Phi) is 1.50. The van der Waals surface area contributed by atoms with Crippen molar-refractivity contribution in [2.45, 2.75) is 26.2 Å². The zero-order valence-electron chi connectivity index (χ0n) is 7.12. The van der Waals surface area contributed by atoms with Gasteiger partial charge in [0.25, 0.3) is 0 Å². The Morgan fingerprint density at radius 1 is 1.27 bits per heavy atom. The highest BCUT2D eigenvalue weighted by Gasteiger charge is 2.66. The predicted molar refractivity (Wildman–Crippen MR) is 43.2 cm³/mol. The summed E-state index contributed by atoms with van der Waals surface area (Å²) in [6.45, 7) is 4.20. The summed E-state index contributed by atoms with van der Waals surface area (Å²) in [6, 6.07) is 0. The molecule has 3 saturated carbocycles. The second-order valence-corrected chi connectivity index (χ2v) is 4.44. The molecule has 3 aliphatic rings. The van der Waals surface area contributed by atoms with Crippen molar-refractivity contribution in [2.75, 3.05) is 19.8 Å². The molecule has 0 radical (unpaired) electrons. The number of hydrogen-bond acceptors (Lipinski definition) is 1. The Labute approximate surface area is 67.4 Å². The van der Waals surface area contributed by atoms with Gasteiger partial charge in [-0.1, -0.05) is 6.92 Å². The quantitative estimate of drug-likeness (QED) is 0.655. The first kappa shape index (κ1) is 7.53. The molecule has 0 atom stereocenters. The molecular formula is C9H16FN. The first-order valence-corrected chi connectivity index (χ1v) is 4.51. The first-order chi connectivity index (χ1) is 5.24. The van der Waals surface area contributed by atoms with Crippen molar-refractivity contribution in [1.82, 2.24) is 5.32 Å². The zero-order valence-corrected chi connectivity index (χ0v) is 7.12. The van der Waals surface area contributed by atoms with E-state index in [4.69, 9.17) is 0 Å². The topological polar surface area (TPSA) is 12.0 Å². The van der Waals surface area contributed by atoms with Crippen LogP contribution in [0.4, 0.5) is 4.39 Å². The van der Waals surface area contributed by atoms with Crippen molar-refractivity contribution in [1.29, 1.82) is 0 Å². The van der Waals surface area contributed by atoms with E-state index in [2.05, 4.69) is 12.2 Å². The highest BCUT2D eigenvalue weighted by molar-refractivity contribution is 5.17. The van der Waals surface area contributed by atoms with Gasteiger partial charge in [0.2, 0.25) is 0 Å². The smallest absolute Gasteiger partial charge is 0.0951 e. The molecule has 2 bridgehead atoms. The monoisotopic (exact) mass is 157 g/mol. The van der Waals surface area contributed by atoms with Crippen LogP contribution in [0, 0.1) is 10.8 Å². The Balaban J connectivity index is 1.76. The summed E-state index contributed by atoms with van der Waals surface area (Å²) in [4.78, 5) is 0. The summed E-state index contributed by atoms with van der Waals surface area (Å²) in [5.74, 6) is 0. The Hall–Kier alpha value is -0.110. The van der Waals surface area contributed by atoms with E-state index < -0.39 is 0 Å². The SMILES string of the molecule is CCNCC12CC(CF)(C1)C2. The van der Waals surface area contributed by atoms with Gasteiger partial charge in [-0.2, -0.15) is 0 Å². The van der Waals surface area contributed by atoms with Crippen LogP contribution >= 0.6 is 0 Å². The van der Waals surface area contributed by atoms with E-state index in [1.54, 1.807) is 0 Å². The van der Waals surface area contributed by atoms with Gasteiger partial charge in [0, 0.05) is 12.0 Å². The molecule has 11 heavy (non-hydrogen) atoms. The van der Waals surface area contributed by atoms with Crippen molar-refractivity contribution in [3.05, 3.63) is 0 Å². The van der Waals surface area contributed by atoms with Crippen molar-refractivity contribution in [3.63, 3.8) is 0 Å². The van der Waals surface area contributed by atoms with Crippen LogP contribution < -0.4 is 5.32 Å². The molecule has 0 unspecified atom stereocenters. The average molecular weight is 157 g/mol. The normalized spacial score (nSPS) is 46.4. The van der Waals surface area contributed by atoms with Crippen LogP contribution in [0.3, 0.4) is 0 Å². The van der Waals surface area contributed by atoms with Crippen molar-refractivity contribution < 1.29 is 4.39 Å². The molecule has 0 aromatic rings. The van der Waals surface area contributed by atoms with Crippen LogP contribution in [0.25, 0.3) is 0 Å². The number of nitrogens with one attached hydrogen (secondary N) is 1. The van der Waals surface area contributed by atoms with Crippen LogP contribution in [-0.4, -0.2) is 19.8 Å². The molecule has 3 aliphatic carbocycles. The third-order valence-corrected chi connectivity index (χ3v) is 3.28. The standard InChI is InChI=1S/C9H16FN/c1-2-11-7-9-3-8(4-9,5-9)6-10/h11H,2-7H2,1H3. The van der Waals surface area contributed by atoms with E-state index in [-0.39, 0.29) is 12.1 Å². The second-order valence-electron chi connectivity index (χ2n) is 4.44. The maximum absolute atomic E-state index is 12.3. The minimum absolute atomic E-state index is 0.0825. The number of alkyl halides is 1. The summed E-state index contributed by atoms with van der Waals surface area (Å²) >= 11 is 0. The van der Waals surface area contributed by atoms with E-state index in [1.165, 1.54) is 0 Å². The predicted octanol–water partition coefficient (Wildman–Crippen LogP) is 1.74. The van der Waals surface area contributed by atoms with Gasteiger partial charge < -0.3 is 5.32 Å². The molecule has 2 heteroatoms. The second kappa shape index (κ2) is 2.19. The fourth-order valence-electron chi connectivity index (χ4n) is 2.95. The zero-order chi connectivity index (χ0) is 7.95. The molecule has 1 nitrogen and oxygen atoms in total. The van der Waals surface area contributed by atoms with Crippen molar-refractivity contribution in [3.8, 4) is 0 Å². The van der Waals surface area contributed by atoms with Gasteiger partial charge in [0.15, 0.2) is 0 Å². The summed E-state index contributed by atoms with van der Waals surface area (Å²) in [5.41, 5.74) is 0.692. The molecule has 0 aromatic heterocycles. The Morgan fingerprint density at radius 3 is 2.36 bits per heavy atom. The summed E-state index contributed by atoms with van der Waals surface area (Å²) < 4.78 is 12.3. The van der Waals surface area contributed by atoms with E-state index in [0.717, 1.165) is 32.4 Å². The maximum atomic E-state index is 12.3. The number of halogens is 1. The average Bonchev–Trinajstić information content (AvgIpc) is 1.83. The van der Waals surface area contributed by atoms with Gasteiger partial charge in [-0.15, -0.1) is 0 Å². The minimum atomic E-state index is -0.0825. The largest absolute Gasteiger partial charge is 0.316 e. The summed E-state index contributed by atoms with van der Waals surface area (Å²) in [7, 11) is 0. The van der Waals surface area contributed by atoms with Crippen molar-refractivity contribution in [2.24, 2.45) is 10.8 Å². The van der Waals surface area contributed by atoms with Gasteiger partial charge in [-0.25, -0.2) is 0 Å². The molecule has 0 saturated heterocycles. The highest BCUT2D eigenvalue weighted by atomic mass is 19.1. The first-order valence-electron chi connectivity index (χ1n) is 4.51. The lowest BCUT2D eigenvalue weighted by Gasteiger charge is -2.70. The van der Waals surface area contributed by atoms with Gasteiger partial charge in [0.05, 0.1) is 6.67 Å². The molecule has 64 valence electrons. The molecule has 0 spiro atoms. The van der Waals surface area contributed by atoms with Gasteiger partial charge >= 0.3 is 0 Å². The van der Waals surface area contributed by atoms with Crippen LogP contribution in [0.1, 0.15) is 26.2 Å². The van der Waals surface area contributed by atoms with Crippen molar-refractivity contribution >= 4 is 0 Å². The number of rotatable bonds is 4. The maximum Gasteiger partial charge on any atom is 0.0951 e. The van der Waals surface area contributed by atoms with Gasteiger partial charge in [-0.05, 0) is 31.2 Å². The van der Waals surface area contributed by atoms with E-state index in [9.17, 15) is 4.39 Å². The van der Waals surface area contributed by atoms with E-state index in [1.807, 2.05) is 0 Å². The molecule has 0 aromatic carbocycles. The molecule has 3 fully saturated rings. The van der Waals surface area contributed by atoms with Crippen LogP contribution in [0.2, 0.25) is 0 Å². The Bertz CT molecular complexity index is 141. The Morgan fingerprint density at radius 2 is 1.91 bits per heavy atom. The number of hydrogen-bond donors (Lipinski definition) is 1. The van der Waals surface area contributed by atoms with Crippen LogP contribution in [-0.2, 0) is 0 Å². The lowest BCUT2D eigenvalue weighted by molar-refractivity contribution is -0.208. The lowest BCUT2D eigenvalue weighted by Crippen LogP contribution is -2.66. The van der Waals surface area contributed by atoms with E-state index >= 15 is 0 Å². The van der Waals surface area contributed by atoms with Crippen LogP contribution in [0.5, 0.6) is 0 Å². The highest BCUT2D eigenvalue weighted by Crippen LogP contribution is 2.72. The summed E-state index contributed by atoms with van der Waals surface area (Å²) in [5, 5.41) is 3.35. The molecule has 0 amide bonds. The lowest BCUT2D eigenvalue weighted by atomic mass is 9.35. The fraction of sp³-hybridized carbons (Fsp3) is 1.00. The molecule has 0 heterocycles. The fourth-order valence-corrected chi connectivity index (χ4v) is 2.95. The van der Waals surface area contributed by atoms with Gasteiger partial charge in [0.1, 0.15) is 0 Å².